The molecular formula is C87H104N10O12. The smallest absolute Gasteiger partial charge is 0.241 e. The second kappa shape index (κ2) is 38.1. The molecule has 4 amide bonds. The molecule has 16 rings (SSSR count). The van der Waals surface area contributed by atoms with E-state index in [-0.39, 0.29) is 72.2 Å². The van der Waals surface area contributed by atoms with Gasteiger partial charge >= 0.3 is 0 Å². The van der Waals surface area contributed by atoms with Crippen molar-refractivity contribution in [1.29, 1.82) is 0 Å². The maximum atomic E-state index is 13.0. The number of fused-ring (bicyclic) bond motifs is 4. The van der Waals surface area contributed by atoms with Crippen LogP contribution in [-0.2, 0) is 63.8 Å². The van der Waals surface area contributed by atoms with Crippen LogP contribution < -0.4 is 38.5 Å². The molecule has 0 bridgehead atoms. The molecule has 4 saturated heterocycles. The van der Waals surface area contributed by atoms with Crippen LogP contribution in [0.15, 0.2) is 200 Å². The number of para-hydroxylation sites is 6. The average Bonchev–Trinajstić information content (AvgIpc) is 1.68. The predicted molar refractivity (Wildman–Crippen MR) is 421 cm³/mol. The highest BCUT2D eigenvalue weighted by molar-refractivity contribution is 5.99. The summed E-state index contributed by atoms with van der Waals surface area (Å²) in [5.74, 6) is 3.52. The van der Waals surface area contributed by atoms with E-state index in [4.69, 9.17) is 37.9 Å². The molecular weight excluding hydrogens is 1380 g/mol. The van der Waals surface area contributed by atoms with Crippen molar-refractivity contribution in [3.8, 4) is 23.3 Å². The van der Waals surface area contributed by atoms with Crippen LogP contribution in [-0.4, -0.2) is 233 Å². The molecule has 8 atom stereocenters. The van der Waals surface area contributed by atoms with Gasteiger partial charge < -0.3 is 57.5 Å². The average molecular weight is 1480 g/mol. The van der Waals surface area contributed by atoms with E-state index in [1.807, 2.05) is 190 Å². The molecule has 0 radical (unpaired) electrons. The summed E-state index contributed by atoms with van der Waals surface area (Å²) >= 11 is 0. The Hall–Kier alpha value is -9.62. The van der Waals surface area contributed by atoms with Gasteiger partial charge in [0.15, 0.2) is 0 Å². The van der Waals surface area contributed by atoms with E-state index < -0.39 is 0 Å². The molecule has 8 aliphatic rings. The molecule has 8 aliphatic heterocycles. The number of carbonyl (C=O) groups is 4. The number of nitrogens with zero attached hydrogens (tertiary/aromatic N) is 10. The van der Waals surface area contributed by atoms with Gasteiger partial charge in [0.1, 0.15) is 62.3 Å². The Balaban J connectivity index is 0.000000128. The summed E-state index contributed by atoms with van der Waals surface area (Å²) in [5.41, 5.74) is 10.4. The number of hydrogen-bond donors (Lipinski definition) is 0. The number of pyridine rings is 2. The minimum Gasteiger partial charge on any atom is -0.491 e. The molecule has 22 nitrogen and oxygen atoms in total. The van der Waals surface area contributed by atoms with E-state index in [2.05, 4.69) is 81.5 Å². The van der Waals surface area contributed by atoms with Gasteiger partial charge in [-0.1, -0.05) is 115 Å². The number of anilines is 4. The maximum absolute atomic E-state index is 13.0. The Morgan fingerprint density at radius 1 is 0.349 bits per heavy atom. The molecule has 6 aromatic carbocycles. The molecule has 0 aliphatic carbocycles. The molecule has 2 aromatic heterocycles. The lowest BCUT2D eigenvalue weighted by molar-refractivity contribution is -0.123. The van der Waals surface area contributed by atoms with Gasteiger partial charge in [-0.05, 0) is 149 Å². The molecule has 8 aromatic rings. The Bertz CT molecular complexity index is 3940. The highest BCUT2D eigenvalue weighted by Crippen LogP contribution is 2.36. The number of rotatable bonds is 20. The summed E-state index contributed by atoms with van der Waals surface area (Å²) in [6.07, 6.45) is 6.99. The van der Waals surface area contributed by atoms with E-state index in [0.29, 0.717) is 117 Å². The van der Waals surface area contributed by atoms with Crippen molar-refractivity contribution in [2.75, 3.05) is 151 Å². The number of ether oxygens (including phenoxy) is 8. The Kier molecular flexibility index (Phi) is 27.1. The normalized spacial score (nSPS) is 22.4. The van der Waals surface area contributed by atoms with Gasteiger partial charge in [0.2, 0.25) is 35.4 Å². The third-order valence-corrected chi connectivity index (χ3v) is 21.0. The lowest BCUT2D eigenvalue weighted by atomic mass is 10.1. The summed E-state index contributed by atoms with van der Waals surface area (Å²) in [6, 6.07) is 62.6. The molecule has 0 N–H and O–H groups in total. The monoisotopic (exact) mass is 1480 g/mol. The third-order valence-electron chi connectivity index (χ3n) is 21.0. The summed E-state index contributed by atoms with van der Waals surface area (Å²) in [4.78, 5) is 76.8. The van der Waals surface area contributed by atoms with Crippen molar-refractivity contribution >= 4 is 46.4 Å². The number of amides is 4. The number of hydrogen-bond acceptors (Lipinski definition) is 18. The van der Waals surface area contributed by atoms with Gasteiger partial charge in [0, 0.05) is 124 Å². The van der Waals surface area contributed by atoms with E-state index in [9.17, 15) is 19.2 Å². The zero-order valence-corrected chi connectivity index (χ0v) is 63.5. The Morgan fingerprint density at radius 2 is 0.642 bits per heavy atom. The van der Waals surface area contributed by atoms with Crippen molar-refractivity contribution in [3.05, 3.63) is 228 Å². The molecule has 3 unspecified atom stereocenters. The van der Waals surface area contributed by atoms with Crippen molar-refractivity contribution in [2.45, 2.75) is 109 Å². The summed E-state index contributed by atoms with van der Waals surface area (Å²) in [5, 5.41) is 0. The number of aryl methyl sites for hydroxylation is 1. The predicted octanol–water partition coefficient (Wildman–Crippen LogP) is 10.1. The highest BCUT2D eigenvalue weighted by Gasteiger charge is 2.38. The van der Waals surface area contributed by atoms with E-state index >= 15 is 0 Å². The summed E-state index contributed by atoms with van der Waals surface area (Å²) < 4.78 is 46.4. The summed E-state index contributed by atoms with van der Waals surface area (Å²) in [7, 11) is 0. The SMILES string of the molecule is CC1Cc2ccccc2N1C(=O)CN1CCO[C@@H](COc2ccccc2)C1.CC1Cc2ccccc2N1C(=O)CN1CCO[C@@H](COc2ccccn2)C1.C[C@@H]1Cc2ccccc2N1C(=O)CN1CCO[C@@H](COc2ccccc2)C1.Cc1ccnc(OC[C@H]2CN(CC(=O)N3c4ccccc4CC3C)CCO2)c1. The Labute approximate surface area is 641 Å². The second-order valence-corrected chi connectivity index (χ2v) is 29.4. The van der Waals surface area contributed by atoms with Crippen molar-refractivity contribution in [1.82, 2.24) is 29.6 Å². The first kappa shape index (κ1) is 77.5. The molecule has 10 heterocycles. The second-order valence-electron chi connectivity index (χ2n) is 29.4. The molecule has 4 fully saturated rings. The lowest BCUT2D eigenvalue weighted by Gasteiger charge is -2.34. The third kappa shape index (κ3) is 21.0. The van der Waals surface area contributed by atoms with Crippen LogP contribution in [0.4, 0.5) is 22.7 Å². The fraction of sp³-hybridized carbons (Fsp3) is 0.425. The van der Waals surface area contributed by atoms with Gasteiger partial charge in [-0.3, -0.25) is 38.8 Å². The zero-order chi connectivity index (χ0) is 75.4. The molecule has 109 heavy (non-hydrogen) atoms. The lowest BCUT2D eigenvalue weighted by Crippen LogP contribution is -2.50. The first-order valence-corrected chi connectivity index (χ1v) is 38.6. The highest BCUT2D eigenvalue weighted by atomic mass is 16.6. The van der Waals surface area contributed by atoms with E-state index in [1.165, 1.54) is 22.3 Å². The Morgan fingerprint density at radius 3 is 0.963 bits per heavy atom. The van der Waals surface area contributed by atoms with Gasteiger partial charge in [-0.15, -0.1) is 0 Å². The number of aromatic nitrogens is 2. The topological polar surface area (TPSA) is 194 Å². The molecule has 574 valence electrons. The van der Waals surface area contributed by atoms with Gasteiger partial charge in [0.25, 0.3) is 0 Å². The van der Waals surface area contributed by atoms with Gasteiger partial charge in [-0.2, -0.15) is 0 Å². The standard InChI is InChI=1S/C22H27N3O3.2C22H26N2O3.C21H25N3O3/c1-16-7-8-23-21(11-16)28-15-19-13-24(9-10-27-19)14-22(26)25-17(2)12-18-5-3-4-6-20(18)25;2*1-17-13-18-7-5-6-10-21(18)24(17)22(25)15-23-11-12-26-20(14-23)16-27-19-8-3-2-4-9-19;1-16-12-17-6-2-3-7-19(17)24(16)21(25)14-23-10-11-26-18(13-23)15-27-20-8-4-5-9-22-20/h3-8,11,17,19H,9-10,12-15H2,1-2H3;2*2-10,17,20H,11-16H2,1H3;2-9,16,18H,10-15H2,1H3/t17?,19-;17?,20-;17-,20-;16?,18-/m1111/s1. The summed E-state index contributed by atoms with van der Waals surface area (Å²) in [6.45, 7) is 22.3. The minimum atomic E-state index is -0.0628. The van der Waals surface area contributed by atoms with E-state index in [0.717, 1.165) is 91.7 Å². The van der Waals surface area contributed by atoms with E-state index in [1.54, 1.807) is 12.4 Å². The van der Waals surface area contributed by atoms with Crippen LogP contribution in [0, 0.1) is 6.92 Å². The zero-order valence-electron chi connectivity index (χ0n) is 63.5. The van der Waals surface area contributed by atoms with Crippen LogP contribution in [0.5, 0.6) is 23.3 Å². The van der Waals surface area contributed by atoms with Gasteiger partial charge in [-0.25, -0.2) is 9.97 Å². The van der Waals surface area contributed by atoms with Crippen molar-refractivity contribution < 1.29 is 57.1 Å². The quantitative estimate of drug-likeness (QED) is 0.0699. The fourth-order valence-electron chi connectivity index (χ4n) is 15.7. The first-order valence-electron chi connectivity index (χ1n) is 38.6. The number of carbonyl (C=O) groups excluding carboxylic acids is 4. The van der Waals surface area contributed by atoms with Gasteiger partial charge in [0.05, 0.1) is 52.6 Å². The van der Waals surface area contributed by atoms with Crippen molar-refractivity contribution in [3.63, 3.8) is 0 Å². The molecule has 22 heteroatoms. The van der Waals surface area contributed by atoms with Crippen molar-refractivity contribution in [2.24, 2.45) is 0 Å². The van der Waals surface area contributed by atoms with Crippen LogP contribution in [0.2, 0.25) is 0 Å². The van der Waals surface area contributed by atoms with Crippen LogP contribution in [0.25, 0.3) is 0 Å². The number of benzene rings is 6. The van der Waals surface area contributed by atoms with Crippen LogP contribution >= 0.6 is 0 Å². The minimum absolute atomic E-state index is 0.0185. The number of morpholine rings is 4. The molecule has 0 saturated carbocycles. The molecule has 0 spiro atoms. The fourth-order valence-corrected chi connectivity index (χ4v) is 15.7. The maximum Gasteiger partial charge on any atom is 0.241 e. The largest absolute Gasteiger partial charge is 0.491 e. The van der Waals surface area contributed by atoms with Crippen LogP contribution in [0.3, 0.4) is 0 Å². The van der Waals surface area contributed by atoms with Crippen LogP contribution in [0.1, 0.15) is 55.5 Å². The first-order chi connectivity index (χ1) is 53.2.